The van der Waals surface area contributed by atoms with E-state index in [1.54, 1.807) is 54.6 Å². The first-order valence-corrected chi connectivity index (χ1v) is 8.64. The Hall–Kier alpha value is -1.65. The Morgan fingerprint density at radius 2 is 1.48 bits per heavy atom. The van der Waals surface area contributed by atoms with Crippen LogP contribution < -0.4 is 0 Å². The molecular formula is C17H20O3S. The van der Waals surface area contributed by atoms with Gasteiger partial charge < -0.3 is 5.11 Å². The number of rotatable bonds is 6. The fourth-order valence-electron chi connectivity index (χ4n) is 2.42. The highest BCUT2D eigenvalue weighted by atomic mass is 32.2. The van der Waals surface area contributed by atoms with Gasteiger partial charge in [0.15, 0.2) is 9.84 Å². The molecule has 0 fully saturated rings. The van der Waals surface area contributed by atoms with Gasteiger partial charge in [0.25, 0.3) is 0 Å². The van der Waals surface area contributed by atoms with Crippen LogP contribution in [0.5, 0.6) is 0 Å². The molecule has 0 saturated carbocycles. The van der Waals surface area contributed by atoms with Crippen molar-refractivity contribution in [3.8, 4) is 0 Å². The monoisotopic (exact) mass is 304 g/mol. The molecule has 112 valence electrons. The standard InChI is InChI=1S/C17H20O3S/c1-2-9-16(17(18)14-10-5-3-6-11-14)21(19,20)15-12-7-4-8-13-15/h3-8,10-13,16-18H,2,9H2,1H3/t16-,17-/m0/s1. The molecule has 3 nitrogen and oxygen atoms in total. The highest BCUT2D eigenvalue weighted by molar-refractivity contribution is 7.92. The molecule has 2 rings (SSSR count). The summed E-state index contributed by atoms with van der Waals surface area (Å²) in [4.78, 5) is 0.262. The molecule has 0 aromatic heterocycles. The first-order valence-electron chi connectivity index (χ1n) is 7.09. The van der Waals surface area contributed by atoms with Crippen LogP contribution in [0.4, 0.5) is 0 Å². The molecule has 0 unspecified atom stereocenters. The van der Waals surface area contributed by atoms with E-state index in [4.69, 9.17) is 0 Å². The van der Waals surface area contributed by atoms with E-state index in [9.17, 15) is 13.5 Å². The average Bonchev–Trinajstić information content (AvgIpc) is 2.53. The quantitative estimate of drug-likeness (QED) is 0.890. The second kappa shape index (κ2) is 6.87. The highest BCUT2D eigenvalue weighted by Crippen LogP contribution is 2.30. The Morgan fingerprint density at radius 1 is 0.952 bits per heavy atom. The van der Waals surface area contributed by atoms with Crippen LogP contribution in [-0.2, 0) is 9.84 Å². The highest BCUT2D eigenvalue weighted by Gasteiger charge is 2.33. The molecule has 0 aliphatic rings. The van der Waals surface area contributed by atoms with Crippen LogP contribution in [0, 0.1) is 0 Å². The third kappa shape index (κ3) is 3.52. The third-order valence-corrected chi connectivity index (χ3v) is 5.76. The van der Waals surface area contributed by atoms with Crippen molar-refractivity contribution in [1.82, 2.24) is 0 Å². The van der Waals surface area contributed by atoms with Crippen molar-refractivity contribution in [3.05, 3.63) is 66.2 Å². The summed E-state index contributed by atoms with van der Waals surface area (Å²) in [5.41, 5.74) is 0.635. The topological polar surface area (TPSA) is 54.4 Å². The maximum atomic E-state index is 12.8. The molecule has 2 aromatic rings. The third-order valence-electron chi connectivity index (χ3n) is 3.54. The van der Waals surface area contributed by atoms with Gasteiger partial charge in [0.05, 0.1) is 16.2 Å². The van der Waals surface area contributed by atoms with Crippen LogP contribution in [0.1, 0.15) is 31.4 Å². The van der Waals surface area contributed by atoms with Crippen LogP contribution in [0.25, 0.3) is 0 Å². The van der Waals surface area contributed by atoms with E-state index in [0.717, 1.165) is 0 Å². The van der Waals surface area contributed by atoms with Crippen molar-refractivity contribution in [2.75, 3.05) is 0 Å². The SMILES string of the molecule is CCC[C@@H]([C@@H](O)c1ccccc1)S(=O)(=O)c1ccccc1. The number of sulfone groups is 1. The van der Waals surface area contributed by atoms with E-state index in [0.29, 0.717) is 18.4 Å². The Kier molecular flexibility index (Phi) is 5.15. The van der Waals surface area contributed by atoms with E-state index in [2.05, 4.69) is 0 Å². The molecule has 2 atom stereocenters. The van der Waals surface area contributed by atoms with Crippen molar-refractivity contribution in [2.24, 2.45) is 0 Å². The zero-order valence-corrected chi connectivity index (χ0v) is 12.8. The summed E-state index contributed by atoms with van der Waals surface area (Å²) in [7, 11) is -3.56. The van der Waals surface area contributed by atoms with Gasteiger partial charge in [-0.15, -0.1) is 0 Å². The molecule has 0 amide bonds. The number of aliphatic hydroxyl groups is 1. The molecule has 0 bridgehead atoms. The van der Waals surface area contributed by atoms with Gasteiger partial charge in [0, 0.05) is 0 Å². The predicted octanol–water partition coefficient (Wildman–Crippen LogP) is 3.36. The Bertz CT molecular complexity index is 651. The van der Waals surface area contributed by atoms with E-state index < -0.39 is 21.2 Å². The summed E-state index contributed by atoms with van der Waals surface area (Å²) in [5, 5.41) is 9.70. The summed E-state index contributed by atoms with van der Waals surface area (Å²) >= 11 is 0. The largest absolute Gasteiger partial charge is 0.387 e. The van der Waals surface area contributed by atoms with Crippen molar-refractivity contribution < 1.29 is 13.5 Å². The zero-order chi connectivity index (χ0) is 15.3. The Balaban J connectivity index is 2.39. The molecule has 2 aromatic carbocycles. The minimum Gasteiger partial charge on any atom is -0.387 e. The van der Waals surface area contributed by atoms with Gasteiger partial charge in [0.1, 0.15) is 0 Å². The van der Waals surface area contributed by atoms with Gasteiger partial charge in [-0.05, 0) is 24.1 Å². The zero-order valence-electron chi connectivity index (χ0n) is 12.0. The van der Waals surface area contributed by atoms with Crippen molar-refractivity contribution in [3.63, 3.8) is 0 Å². The van der Waals surface area contributed by atoms with Crippen LogP contribution in [0.3, 0.4) is 0 Å². The predicted molar refractivity (Wildman–Crippen MR) is 83.7 cm³/mol. The Labute approximate surface area is 126 Å². The van der Waals surface area contributed by atoms with Crippen LogP contribution in [-0.4, -0.2) is 18.8 Å². The fraction of sp³-hybridized carbons (Fsp3) is 0.294. The molecule has 21 heavy (non-hydrogen) atoms. The van der Waals surface area contributed by atoms with Crippen LogP contribution >= 0.6 is 0 Å². The number of hydrogen-bond acceptors (Lipinski definition) is 3. The Morgan fingerprint density at radius 3 is 2.00 bits per heavy atom. The molecule has 0 aliphatic heterocycles. The minimum atomic E-state index is -3.56. The lowest BCUT2D eigenvalue weighted by Crippen LogP contribution is -2.28. The van der Waals surface area contributed by atoms with Gasteiger partial charge in [-0.25, -0.2) is 8.42 Å². The van der Waals surface area contributed by atoms with Crippen molar-refractivity contribution in [1.29, 1.82) is 0 Å². The second-order valence-corrected chi connectivity index (χ2v) is 7.21. The first kappa shape index (κ1) is 15.7. The lowest BCUT2D eigenvalue weighted by Gasteiger charge is -2.23. The molecule has 0 radical (unpaired) electrons. The summed E-state index contributed by atoms with van der Waals surface area (Å²) in [5.74, 6) is 0. The van der Waals surface area contributed by atoms with Crippen molar-refractivity contribution >= 4 is 9.84 Å². The number of benzene rings is 2. The number of aliphatic hydroxyl groups excluding tert-OH is 1. The van der Waals surface area contributed by atoms with Gasteiger partial charge in [0.2, 0.25) is 0 Å². The fourth-order valence-corrected chi connectivity index (χ4v) is 4.35. The summed E-state index contributed by atoms with van der Waals surface area (Å²) in [6.45, 7) is 1.92. The van der Waals surface area contributed by atoms with Crippen LogP contribution in [0.15, 0.2) is 65.6 Å². The smallest absolute Gasteiger partial charge is 0.184 e. The van der Waals surface area contributed by atoms with E-state index >= 15 is 0 Å². The maximum absolute atomic E-state index is 12.8. The molecule has 4 heteroatoms. The lowest BCUT2D eigenvalue weighted by atomic mass is 10.0. The molecule has 0 aliphatic carbocycles. The van der Waals surface area contributed by atoms with Gasteiger partial charge in [-0.2, -0.15) is 0 Å². The van der Waals surface area contributed by atoms with Crippen LogP contribution in [0.2, 0.25) is 0 Å². The van der Waals surface area contributed by atoms with E-state index in [1.807, 2.05) is 13.0 Å². The normalized spacial score (nSPS) is 14.6. The van der Waals surface area contributed by atoms with E-state index in [-0.39, 0.29) is 4.90 Å². The molecule has 0 heterocycles. The first-order chi connectivity index (χ1) is 10.1. The lowest BCUT2D eigenvalue weighted by molar-refractivity contribution is 0.167. The van der Waals surface area contributed by atoms with Gasteiger partial charge in [-0.1, -0.05) is 61.9 Å². The summed E-state index contributed by atoms with van der Waals surface area (Å²) in [6.07, 6.45) is 0.102. The second-order valence-electron chi connectivity index (χ2n) is 5.04. The summed E-state index contributed by atoms with van der Waals surface area (Å²) in [6, 6.07) is 17.3. The average molecular weight is 304 g/mol. The van der Waals surface area contributed by atoms with Crippen molar-refractivity contribution in [2.45, 2.75) is 36.0 Å². The molecule has 0 spiro atoms. The minimum absolute atomic E-state index is 0.262. The summed E-state index contributed by atoms with van der Waals surface area (Å²) < 4.78 is 25.6. The maximum Gasteiger partial charge on any atom is 0.184 e. The molecular weight excluding hydrogens is 284 g/mol. The number of hydrogen-bond donors (Lipinski definition) is 1. The molecule has 1 N–H and O–H groups in total. The van der Waals surface area contributed by atoms with Gasteiger partial charge in [-0.3, -0.25) is 0 Å². The molecule has 0 saturated heterocycles. The van der Waals surface area contributed by atoms with E-state index in [1.165, 1.54) is 0 Å². The van der Waals surface area contributed by atoms with Gasteiger partial charge >= 0.3 is 0 Å².